The number of nitrogens with two attached hydrogens (primary N) is 1. The largest absolute Gasteiger partial charge is 0.330 e. The van der Waals surface area contributed by atoms with Crippen LogP contribution in [0.1, 0.15) is 18.0 Å². The quantitative estimate of drug-likeness (QED) is 0.718. The number of hydrogen-bond acceptors (Lipinski definition) is 2. The highest BCUT2D eigenvalue weighted by molar-refractivity contribution is 5.18. The minimum Gasteiger partial charge on any atom is -0.330 e. The zero-order chi connectivity index (χ0) is 8.55. The van der Waals surface area contributed by atoms with Crippen molar-refractivity contribution in [2.75, 3.05) is 6.54 Å². The van der Waals surface area contributed by atoms with Crippen LogP contribution in [-0.4, -0.2) is 11.5 Å². The Morgan fingerprint density at radius 3 is 2.92 bits per heavy atom. The summed E-state index contributed by atoms with van der Waals surface area (Å²) in [6.07, 6.45) is 2.37. The highest BCUT2D eigenvalue weighted by atomic mass is 19.1. The van der Waals surface area contributed by atoms with E-state index in [4.69, 9.17) is 5.73 Å². The Hall–Kier alpha value is -0.960. The first-order valence-electron chi connectivity index (χ1n) is 4.13. The smallest absolute Gasteiger partial charge is 0.141 e. The molecule has 1 fully saturated rings. The van der Waals surface area contributed by atoms with Crippen molar-refractivity contribution >= 4 is 0 Å². The molecule has 0 amide bonds. The second-order valence-electron chi connectivity index (χ2n) is 3.24. The van der Waals surface area contributed by atoms with Crippen molar-refractivity contribution < 1.29 is 4.39 Å². The molecule has 0 saturated heterocycles. The third-order valence-corrected chi connectivity index (χ3v) is 2.36. The Morgan fingerprint density at radius 1 is 1.58 bits per heavy atom. The van der Waals surface area contributed by atoms with Gasteiger partial charge < -0.3 is 5.73 Å². The lowest BCUT2D eigenvalue weighted by Gasteiger charge is -1.96. The Labute approximate surface area is 70.6 Å². The van der Waals surface area contributed by atoms with Gasteiger partial charge in [0.1, 0.15) is 5.82 Å². The number of nitrogens with zero attached hydrogens (tertiary/aromatic N) is 1. The zero-order valence-corrected chi connectivity index (χ0v) is 6.70. The molecule has 1 aromatic rings. The number of halogens is 1. The normalized spacial score (nSPS) is 27.2. The molecule has 2 N–H and O–H groups in total. The van der Waals surface area contributed by atoms with Gasteiger partial charge in [0.25, 0.3) is 0 Å². The first-order chi connectivity index (χ1) is 5.81. The first-order valence-corrected chi connectivity index (χ1v) is 4.13. The Morgan fingerprint density at radius 2 is 2.42 bits per heavy atom. The van der Waals surface area contributed by atoms with Gasteiger partial charge in [0.05, 0.1) is 6.20 Å². The molecule has 0 bridgehead atoms. The van der Waals surface area contributed by atoms with Crippen LogP contribution in [0.2, 0.25) is 0 Å². The van der Waals surface area contributed by atoms with E-state index in [0.717, 1.165) is 12.1 Å². The van der Waals surface area contributed by atoms with E-state index < -0.39 is 0 Å². The summed E-state index contributed by atoms with van der Waals surface area (Å²) in [6, 6.07) is 3.20. The van der Waals surface area contributed by atoms with E-state index in [9.17, 15) is 4.39 Å². The number of pyridine rings is 1. The second kappa shape index (κ2) is 2.83. The molecule has 0 aromatic carbocycles. The molecule has 3 heteroatoms. The van der Waals surface area contributed by atoms with E-state index in [0.29, 0.717) is 18.4 Å². The molecule has 2 atom stereocenters. The van der Waals surface area contributed by atoms with Gasteiger partial charge in [-0.2, -0.15) is 0 Å². The van der Waals surface area contributed by atoms with E-state index in [2.05, 4.69) is 4.98 Å². The van der Waals surface area contributed by atoms with Crippen LogP contribution >= 0.6 is 0 Å². The van der Waals surface area contributed by atoms with E-state index in [1.165, 1.54) is 12.3 Å². The summed E-state index contributed by atoms with van der Waals surface area (Å²) in [5, 5.41) is 0. The van der Waals surface area contributed by atoms with E-state index in [-0.39, 0.29) is 5.82 Å². The minimum atomic E-state index is -0.274. The fourth-order valence-electron chi connectivity index (χ4n) is 1.48. The van der Waals surface area contributed by atoms with Crippen molar-refractivity contribution in [3.63, 3.8) is 0 Å². The fourth-order valence-corrected chi connectivity index (χ4v) is 1.48. The number of rotatable bonds is 2. The SMILES string of the molecule is NCC1CC1c1ccc(F)cn1. The zero-order valence-electron chi connectivity index (χ0n) is 6.70. The van der Waals surface area contributed by atoms with Gasteiger partial charge >= 0.3 is 0 Å². The van der Waals surface area contributed by atoms with Gasteiger partial charge in [-0.3, -0.25) is 4.98 Å². The Bertz CT molecular complexity index is 270. The van der Waals surface area contributed by atoms with Crippen molar-refractivity contribution in [3.8, 4) is 0 Å². The number of aromatic nitrogens is 1. The highest BCUT2D eigenvalue weighted by Crippen LogP contribution is 2.45. The van der Waals surface area contributed by atoms with Crippen LogP contribution in [0.25, 0.3) is 0 Å². The maximum Gasteiger partial charge on any atom is 0.141 e. The summed E-state index contributed by atoms with van der Waals surface area (Å²) in [5.74, 6) is 0.780. The summed E-state index contributed by atoms with van der Waals surface area (Å²) < 4.78 is 12.5. The molecule has 64 valence electrons. The molecule has 0 aliphatic heterocycles. The molecule has 2 unspecified atom stereocenters. The predicted octanol–water partition coefficient (Wildman–Crippen LogP) is 1.28. The van der Waals surface area contributed by atoms with Crippen LogP contribution in [-0.2, 0) is 0 Å². The predicted molar refractivity (Wildman–Crippen MR) is 44.1 cm³/mol. The third kappa shape index (κ3) is 1.32. The van der Waals surface area contributed by atoms with Crippen LogP contribution < -0.4 is 5.73 Å². The van der Waals surface area contributed by atoms with Gasteiger partial charge in [-0.05, 0) is 31.0 Å². The van der Waals surface area contributed by atoms with E-state index >= 15 is 0 Å². The van der Waals surface area contributed by atoms with Gasteiger partial charge in [0.2, 0.25) is 0 Å². The van der Waals surface area contributed by atoms with Crippen LogP contribution in [0.15, 0.2) is 18.3 Å². The van der Waals surface area contributed by atoms with Crippen LogP contribution in [0.4, 0.5) is 4.39 Å². The standard InChI is InChI=1S/C9H11FN2/c10-7-1-2-9(12-5-7)8-3-6(8)4-11/h1-2,5-6,8H,3-4,11H2. The Balaban J connectivity index is 2.10. The van der Waals surface area contributed by atoms with Crippen molar-refractivity contribution in [1.29, 1.82) is 0 Å². The monoisotopic (exact) mass is 166 g/mol. The maximum atomic E-state index is 12.5. The molecule has 2 rings (SSSR count). The molecule has 1 aromatic heterocycles. The van der Waals surface area contributed by atoms with E-state index in [1.54, 1.807) is 6.07 Å². The van der Waals surface area contributed by atoms with Gasteiger partial charge in [-0.25, -0.2) is 4.39 Å². The summed E-state index contributed by atoms with van der Waals surface area (Å²) in [7, 11) is 0. The lowest BCUT2D eigenvalue weighted by atomic mass is 10.2. The molecule has 12 heavy (non-hydrogen) atoms. The average molecular weight is 166 g/mol. The van der Waals surface area contributed by atoms with Crippen molar-refractivity contribution in [2.45, 2.75) is 12.3 Å². The summed E-state index contributed by atoms with van der Waals surface area (Å²) in [5.41, 5.74) is 6.47. The van der Waals surface area contributed by atoms with Crippen molar-refractivity contribution in [2.24, 2.45) is 11.7 Å². The molecular weight excluding hydrogens is 155 g/mol. The molecule has 2 nitrogen and oxygen atoms in total. The molecule has 1 aliphatic carbocycles. The van der Waals surface area contributed by atoms with Gasteiger partial charge in [-0.1, -0.05) is 0 Å². The van der Waals surface area contributed by atoms with Gasteiger partial charge in [-0.15, -0.1) is 0 Å². The van der Waals surface area contributed by atoms with Crippen molar-refractivity contribution in [1.82, 2.24) is 4.98 Å². The van der Waals surface area contributed by atoms with Gasteiger partial charge in [0, 0.05) is 11.6 Å². The van der Waals surface area contributed by atoms with Crippen LogP contribution in [0.5, 0.6) is 0 Å². The van der Waals surface area contributed by atoms with Crippen LogP contribution in [0, 0.1) is 11.7 Å². The van der Waals surface area contributed by atoms with Crippen LogP contribution in [0.3, 0.4) is 0 Å². The third-order valence-electron chi connectivity index (χ3n) is 2.36. The summed E-state index contributed by atoms with van der Waals surface area (Å²) in [6.45, 7) is 0.712. The Kier molecular flexibility index (Phi) is 1.81. The lowest BCUT2D eigenvalue weighted by Crippen LogP contribution is -2.02. The van der Waals surface area contributed by atoms with E-state index in [1.807, 2.05) is 0 Å². The summed E-state index contributed by atoms with van der Waals surface area (Å²) in [4.78, 5) is 4.01. The maximum absolute atomic E-state index is 12.5. The molecule has 1 heterocycles. The molecule has 1 aliphatic rings. The molecule has 1 saturated carbocycles. The highest BCUT2D eigenvalue weighted by Gasteiger charge is 2.37. The molecular formula is C9H11FN2. The van der Waals surface area contributed by atoms with Crippen molar-refractivity contribution in [3.05, 3.63) is 29.8 Å². The number of hydrogen-bond donors (Lipinski definition) is 1. The average Bonchev–Trinajstić information content (AvgIpc) is 2.85. The lowest BCUT2D eigenvalue weighted by molar-refractivity contribution is 0.618. The molecule has 0 spiro atoms. The minimum absolute atomic E-state index is 0.274. The van der Waals surface area contributed by atoms with Gasteiger partial charge in [0.15, 0.2) is 0 Å². The second-order valence-corrected chi connectivity index (χ2v) is 3.24. The fraction of sp³-hybridized carbons (Fsp3) is 0.444. The molecule has 0 radical (unpaired) electrons. The topological polar surface area (TPSA) is 38.9 Å². The first kappa shape index (κ1) is 7.68. The summed E-state index contributed by atoms with van der Waals surface area (Å²) >= 11 is 0.